The van der Waals surface area contributed by atoms with Crippen molar-refractivity contribution in [2.24, 2.45) is 0 Å². The monoisotopic (exact) mass is 124 g/mol. The molecule has 0 radical (unpaired) electrons. The van der Waals surface area contributed by atoms with Crippen LogP contribution >= 0.6 is 0 Å². The van der Waals surface area contributed by atoms with E-state index in [9.17, 15) is 0 Å². The van der Waals surface area contributed by atoms with Gasteiger partial charge in [-0.1, -0.05) is 0 Å². The van der Waals surface area contributed by atoms with Crippen LogP contribution in [0.4, 0.5) is 0 Å². The number of rotatable bonds is 1. The maximum absolute atomic E-state index is 8.11. The highest BCUT2D eigenvalue weighted by atomic mass is 16.5. The van der Waals surface area contributed by atoms with Crippen LogP contribution in [0, 0.1) is 0 Å². The van der Waals surface area contributed by atoms with E-state index >= 15 is 0 Å². The summed E-state index contributed by atoms with van der Waals surface area (Å²) in [5.74, 6) is 0. The topological polar surface area (TPSA) is 80.9 Å². The Morgan fingerprint density at radius 2 is 1.38 bits per heavy atom. The molecule has 0 saturated carbocycles. The Labute approximate surface area is 48.0 Å². The summed E-state index contributed by atoms with van der Waals surface area (Å²) < 4.78 is 0. The van der Waals surface area contributed by atoms with Crippen molar-refractivity contribution in [1.82, 2.24) is 0 Å². The van der Waals surface area contributed by atoms with E-state index in [0.717, 1.165) is 0 Å². The molecule has 0 heterocycles. The quantitative estimate of drug-likeness (QED) is 0.314. The lowest BCUT2D eigenvalue weighted by Gasteiger charge is -1.90. The maximum Gasteiger partial charge on any atom is 0.140 e. The van der Waals surface area contributed by atoms with Crippen molar-refractivity contribution >= 4 is 0 Å². The van der Waals surface area contributed by atoms with E-state index in [0.29, 0.717) is 0 Å². The molecule has 0 aliphatic rings. The molecular weight excluding hydrogens is 112 g/mol. The summed E-state index contributed by atoms with van der Waals surface area (Å²) in [5, 5.41) is 30.3. The number of hydrogen-bond acceptors (Lipinski definition) is 4. The van der Waals surface area contributed by atoms with E-state index in [1.54, 1.807) is 0 Å². The van der Waals surface area contributed by atoms with Gasteiger partial charge in [-0.2, -0.15) is 0 Å². The van der Waals surface area contributed by atoms with E-state index in [2.05, 4.69) is 0 Å². The third-order valence-electron chi connectivity index (χ3n) is 0.264. The summed E-state index contributed by atoms with van der Waals surface area (Å²) >= 11 is 0. The second-order valence-electron chi connectivity index (χ2n) is 1.17. The average molecular weight is 124 g/mol. The van der Waals surface area contributed by atoms with Crippen molar-refractivity contribution in [3.8, 4) is 0 Å². The number of hydrogen-bond donors (Lipinski definition) is 4. The van der Waals surface area contributed by atoms with Gasteiger partial charge >= 0.3 is 0 Å². The molecule has 0 fully saturated rings. The van der Waals surface area contributed by atoms with Crippen molar-refractivity contribution in [3.05, 3.63) is 0 Å². The first-order chi connectivity index (χ1) is 3.68. The molecule has 0 spiro atoms. The fourth-order valence-corrected chi connectivity index (χ4v) is 0. The molecule has 0 aromatic carbocycles. The zero-order valence-corrected chi connectivity index (χ0v) is 4.78. The minimum atomic E-state index is -0.750. The van der Waals surface area contributed by atoms with E-state index in [1.807, 2.05) is 0 Å². The highest BCUT2D eigenvalue weighted by Crippen LogP contribution is 1.68. The van der Waals surface area contributed by atoms with Crippen LogP contribution in [0.2, 0.25) is 0 Å². The van der Waals surface area contributed by atoms with Crippen LogP contribution in [0.1, 0.15) is 6.92 Å². The van der Waals surface area contributed by atoms with Gasteiger partial charge in [-0.25, -0.2) is 0 Å². The third kappa shape index (κ3) is 40.4. The van der Waals surface area contributed by atoms with Crippen molar-refractivity contribution < 1.29 is 20.4 Å². The summed E-state index contributed by atoms with van der Waals surface area (Å²) in [7, 11) is 0. The van der Waals surface area contributed by atoms with Crippen LogP contribution in [0.3, 0.4) is 0 Å². The predicted octanol–water partition coefficient (Wildman–Crippen LogP) is -1.71. The van der Waals surface area contributed by atoms with Crippen LogP contribution in [0.5, 0.6) is 0 Å². The predicted molar refractivity (Wildman–Crippen MR) is 28.1 cm³/mol. The Balaban J connectivity index is 0. The van der Waals surface area contributed by atoms with Gasteiger partial charge in [0.2, 0.25) is 0 Å². The van der Waals surface area contributed by atoms with Crippen molar-refractivity contribution in [3.63, 3.8) is 0 Å². The second kappa shape index (κ2) is 9.96. The fourth-order valence-electron chi connectivity index (χ4n) is 0. The van der Waals surface area contributed by atoms with Gasteiger partial charge in [-0.3, -0.25) is 0 Å². The molecule has 4 nitrogen and oxygen atoms in total. The molecule has 0 aromatic heterocycles. The highest BCUT2D eigenvalue weighted by Gasteiger charge is 1.83. The first-order valence-electron chi connectivity index (χ1n) is 2.19. The van der Waals surface area contributed by atoms with Gasteiger partial charge in [0.05, 0.1) is 12.7 Å². The first kappa shape index (κ1) is 10.8. The molecular formula is C4H12O4. The van der Waals surface area contributed by atoms with Gasteiger partial charge in [0.25, 0.3) is 0 Å². The maximum atomic E-state index is 8.11. The zero-order chi connectivity index (χ0) is 6.99. The molecule has 0 saturated heterocycles. The normalized spacial score (nSPS) is 11.6. The molecule has 4 heteroatoms. The van der Waals surface area contributed by atoms with Gasteiger partial charge in [0.15, 0.2) is 0 Å². The summed E-state index contributed by atoms with van der Waals surface area (Å²) in [6, 6.07) is 0. The lowest BCUT2D eigenvalue weighted by Crippen LogP contribution is -2.03. The van der Waals surface area contributed by atoms with E-state index < -0.39 is 12.9 Å². The Morgan fingerprint density at radius 1 is 1.25 bits per heavy atom. The molecule has 0 rings (SSSR count). The van der Waals surface area contributed by atoms with Crippen LogP contribution in [-0.2, 0) is 0 Å². The highest BCUT2D eigenvalue weighted by molar-refractivity contribution is 4.33. The van der Waals surface area contributed by atoms with Crippen molar-refractivity contribution in [2.45, 2.75) is 13.0 Å². The minimum Gasteiger partial charge on any atom is -0.394 e. The van der Waals surface area contributed by atoms with Gasteiger partial charge in [0.1, 0.15) is 6.79 Å². The lowest BCUT2D eigenvalue weighted by atomic mass is 10.5. The summed E-state index contributed by atoms with van der Waals surface area (Å²) in [6.07, 6.45) is -0.560. The Bertz CT molecular complexity index is 29.2. The molecule has 0 aromatic rings. The van der Waals surface area contributed by atoms with Gasteiger partial charge in [0, 0.05) is 0 Å². The van der Waals surface area contributed by atoms with Crippen molar-refractivity contribution in [2.75, 3.05) is 13.4 Å². The Morgan fingerprint density at radius 3 is 1.38 bits per heavy atom. The van der Waals surface area contributed by atoms with Gasteiger partial charge in [-0.05, 0) is 6.92 Å². The van der Waals surface area contributed by atoms with E-state index in [1.165, 1.54) is 6.92 Å². The average Bonchev–Trinajstić information content (AvgIpc) is 1.69. The van der Waals surface area contributed by atoms with Crippen LogP contribution < -0.4 is 0 Å². The zero-order valence-electron chi connectivity index (χ0n) is 4.78. The SMILES string of the molecule is CC(O)CO.OCO. The molecule has 8 heavy (non-hydrogen) atoms. The fraction of sp³-hybridized carbons (Fsp3) is 1.00. The minimum absolute atomic E-state index is 0.139. The largest absolute Gasteiger partial charge is 0.394 e. The summed E-state index contributed by atoms with van der Waals surface area (Å²) in [6.45, 7) is 0.639. The number of aliphatic hydroxyl groups is 4. The van der Waals surface area contributed by atoms with E-state index in [-0.39, 0.29) is 6.61 Å². The van der Waals surface area contributed by atoms with Crippen LogP contribution in [-0.4, -0.2) is 39.9 Å². The summed E-state index contributed by atoms with van der Waals surface area (Å²) in [5.41, 5.74) is 0. The third-order valence-corrected chi connectivity index (χ3v) is 0.264. The Kier molecular flexibility index (Phi) is 13.4. The van der Waals surface area contributed by atoms with Gasteiger partial charge in [-0.15, -0.1) is 0 Å². The first-order valence-corrected chi connectivity index (χ1v) is 2.19. The van der Waals surface area contributed by atoms with Crippen LogP contribution in [0.25, 0.3) is 0 Å². The molecule has 0 aliphatic carbocycles. The molecule has 1 unspecified atom stereocenters. The van der Waals surface area contributed by atoms with Gasteiger partial charge < -0.3 is 20.4 Å². The second-order valence-corrected chi connectivity index (χ2v) is 1.17. The molecule has 0 amide bonds. The Hall–Kier alpha value is -0.160. The smallest absolute Gasteiger partial charge is 0.140 e. The lowest BCUT2D eigenvalue weighted by molar-refractivity contribution is 0.0773. The van der Waals surface area contributed by atoms with E-state index in [4.69, 9.17) is 20.4 Å². The standard InChI is InChI=1S/C3H8O2.CH4O2/c1-3(5)2-4;2-1-3/h3-5H,2H2,1H3;2-3H,1H2. The molecule has 1 atom stereocenters. The summed E-state index contributed by atoms with van der Waals surface area (Å²) in [4.78, 5) is 0. The van der Waals surface area contributed by atoms with Crippen molar-refractivity contribution in [1.29, 1.82) is 0 Å². The molecule has 52 valence electrons. The molecule has 4 N–H and O–H groups in total. The molecule has 0 bridgehead atoms. The van der Waals surface area contributed by atoms with Crippen LogP contribution in [0.15, 0.2) is 0 Å². The molecule has 0 aliphatic heterocycles. The number of aliphatic hydroxyl groups excluding tert-OH is 3.